The monoisotopic (exact) mass is 414 g/mol. The van der Waals surface area contributed by atoms with Crippen LogP contribution in [0.5, 0.6) is 0 Å². The number of aliphatic carboxylic acids is 1. The Bertz CT molecular complexity index is 1080. The molecule has 1 aliphatic rings. The Morgan fingerprint density at radius 1 is 1.23 bits per heavy atom. The second kappa shape index (κ2) is 8.08. The van der Waals surface area contributed by atoms with Gasteiger partial charge in [0.2, 0.25) is 0 Å². The normalized spacial score (nSPS) is 17.2. The van der Waals surface area contributed by atoms with E-state index < -0.39 is 17.6 Å². The smallest absolute Gasteiger partial charge is 0.303 e. The molecule has 8 heteroatoms. The molecule has 0 radical (unpaired) electrons. The Balaban J connectivity index is 1.69. The second-order valence-electron chi connectivity index (χ2n) is 8.45. The first-order valence-electron chi connectivity index (χ1n) is 10.2. The van der Waals surface area contributed by atoms with Crippen LogP contribution in [0.4, 0.5) is 8.78 Å². The lowest BCUT2D eigenvalue weighted by atomic mass is 9.65. The highest BCUT2D eigenvalue weighted by Crippen LogP contribution is 2.45. The molecule has 1 atom stereocenters. The van der Waals surface area contributed by atoms with Gasteiger partial charge in [0.1, 0.15) is 11.5 Å². The molecule has 6 nitrogen and oxygen atoms in total. The molecular weight excluding hydrogens is 390 g/mol. The Labute approximate surface area is 172 Å². The van der Waals surface area contributed by atoms with E-state index >= 15 is 0 Å². The van der Waals surface area contributed by atoms with Gasteiger partial charge in [-0.1, -0.05) is 26.2 Å². The molecule has 1 fully saturated rings. The molecule has 2 N–H and O–H groups in total. The van der Waals surface area contributed by atoms with Gasteiger partial charge in [0.05, 0.1) is 18.1 Å². The van der Waals surface area contributed by atoms with Gasteiger partial charge in [-0.3, -0.25) is 4.79 Å². The van der Waals surface area contributed by atoms with Crippen molar-refractivity contribution in [3.8, 4) is 11.4 Å². The minimum absolute atomic E-state index is 0.0303. The third-order valence-electron chi connectivity index (χ3n) is 6.40. The summed E-state index contributed by atoms with van der Waals surface area (Å²) in [5.74, 6) is -1.91. The molecule has 30 heavy (non-hydrogen) atoms. The van der Waals surface area contributed by atoms with Gasteiger partial charge >= 0.3 is 5.97 Å². The first-order chi connectivity index (χ1) is 14.4. The van der Waals surface area contributed by atoms with Crippen LogP contribution in [0.1, 0.15) is 51.1 Å². The molecule has 0 aliphatic heterocycles. The SMILES string of the molecule is CC1(C(CC(=O)O)Cc2nc(-c3c[nH]c4ncc(F)cc34)ncc2F)CCCCC1. The summed E-state index contributed by atoms with van der Waals surface area (Å²) in [7, 11) is 0. The Kier molecular flexibility index (Phi) is 5.49. The van der Waals surface area contributed by atoms with E-state index in [1.54, 1.807) is 6.20 Å². The van der Waals surface area contributed by atoms with Gasteiger partial charge in [-0.15, -0.1) is 0 Å². The summed E-state index contributed by atoms with van der Waals surface area (Å²) < 4.78 is 28.3. The second-order valence-corrected chi connectivity index (χ2v) is 8.45. The maximum Gasteiger partial charge on any atom is 0.303 e. The predicted octanol–water partition coefficient (Wildman–Crippen LogP) is 4.90. The number of carboxylic acid groups (broad SMARTS) is 1. The summed E-state index contributed by atoms with van der Waals surface area (Å²) in [4.78, 5) is 27.0. The molecule has 3 aromatic heterocycles. The summed E-state index contributed by atoms with van der Waals surface area (Å²) in [6.07, 6.45) is 9.13. The van der Waals surface area contributed by atoms with Crippen molar-refractivity contribution in [1.82, 2.24) is 19.9 Å². The van der Waals surface area contributed by atoms with Crippen molar-refractivity contribution in [2.24, 2.45) is 11.3 Å². The number of hydrogen-bond donors (Lipinski definition) is 2. The zero-order valence-corrected chi connectivity index (χ0v) is 16.8. The first-order valence-corrected chi connectivity index (χ1v) is 10.2. The third kappa shape index (κ3) is 4.04. The summed E-state index contributed by atoms with van der Waals surface area (Å²) in [6.45, 7) is 2.11. The Morgan fingerprint density at radius 3 is 2.73 bits per heavy atom. The molecule has 158 valence electrons. The first kappa shape index (κ1) is 20.4. The molecule has 0 bridgehead atoms. The van der Waals surface area contributed by atoms with Crippen LogP contribution in [0, 0.1) is 23.0 Å². The summed E-state index contributed by atoms with van der Waals surface area (Å²) in [5, 5.41) is 9.96. The van der Waals surface area contributed by atoms with E-state index in [9.17, 15) is 18.7 Å². The number of carbonyl (C=O) groups is 1. The van der Waals surface area contributed by atoms with Gasteiger partial charge in [-0.2, -0.15) is 0 Å². The number of halogens is 2. The van der Waals surface area contributed by atoms with Gasteiger partial charge in [-0.05, 0) is 36.7 Å². The number of fused-ring (bicyclic) bond motifs is 1. The fourth-order valence-corrected chi connectivity index (χ4v) is 4.62. The van der Waals surface area contributed by atoms with Crippen molar-refractivity contribution >= 4 is 17.0 Å². The largest absolute Gasteiger partial charge is 0.481 e. The van der Waals surface area contributed by atoms with Gasteiger partial charge in [0.15, 0.2) is 11.6 Å². The van der Waals surface area contributed by atoms with E-state index in [0.717, 1.165) is 44.5 Å². The van der Waals surface area contributed by atoms with Crippen molar-refractivity contribution in [3.05, 3.63) is 42.0 Å². The number of H-pyrrole nitrogens is 1. The van der Waals surface area contributed by atoms with E-state index in [4.69, 9.17) is 0 Å². The lowest BCUT2D eigenvalue weighted by Crippen LogP contribution is -2.33. The minimum Gasteiger partial charge on any atom is -0.481 e. The average Bonchev–Trinajstić information content (AvgIpc) is 3.12. The van der Waals surface area contributed by atoms with Crippen molar-refractivity contribution in [2.75, 3.05) is 0 Å². The quantitative estimate of drug-likeness (QED) is 0.598. The number of aromatic nitrogens is 4. The highest BCUT2D eigenvalue weighted by molar-refractivity contribution is 5.91. The molecule has 0 spiro atoms. The summed E-state index contributed by atoms with van der Waals surface area (Å²) in [6, 6.07) is 1.33. The van der Waals surface area contributed by atoms with E-state index in [2.05, 4.69) is 26.9 Å². The van der Waals surface area contributed by atoms with E-state index in [-0.39, 0.29) is 35.7 Å². The minimum atomic E-state index is -0.889. The van der Waals surface area contributed by atoms with Gasteiger partial charge in [0, 0.05) is 23.6 Å². The summed E-state index contributed by atoms with van der Waals surface area (Å²) >= 11 is 0. The van der Waals surface area contributed by atoms with Crippen LogP contribution in [0.25, 0.3) is 22.4 Å². The topological polar surface area (TPSA) is 91.8 Å². The number of aromatic amines is 1. The van der Waals surface area contributed by atoms with Crippen molar-refractivity contribution < 1.29 is 18.7 Å². The zero-order valence-electron chi connectivity index (χ0n) is 16.8. The number of carboxylic acids is 1. The molecular formula is C22H24F2N4O2. The van der Waals surface area contributed by atoms with Crippen LogP contribution < -0.4 is 0 Å². The van der Waals surface area contributed by atoms with Gasteiger partial charge in [0.25, 0.3) is 0 Å². The fraction of sp³-hybridized carbons (Fsp3) is 0.455. The molecule has 3 heterocycles. The Morgan fingerprint density at radius 2 is 2.00 bits per heavy atom. The average molecular weight is 414 g/mol. The van der Waals surface area contributed by atoms with Crippen molar-refractivity contribution in [1.29, 1.82) is 0 Å². The zero-order chi connectivity index (χ0) is 21.3. The molecule has 0 aromatic carbocycles. The van der Waals surface area contributed by atoms with E-state index in [0.29, 0.717) is 16.6 Å². The van der Waals surface area contributed by atoms with Gasteiger partial charge in [-0.25, -0.2) is 23.7 Å². The predicted molar refractivity (Wildman–Crippen MR) is 108 cm³/mol. The number of rotatable bonds is 6. The standard InChI is InChI=1S/C22H24F2N4O2/c1-22(5-3-2-4-6-22)13(8-19(29)30)7-18-17(24)12-27-21(28-18)16-11-26-20-15(16)9-14(23)10-25-20/h9-13H,2-8H2,1H3,(H,25,26)(H,29,30). The molecule has 1 saturated carbocycles. The van der Waals surface area contributed by atoms with Crippen LogP contribution in [-0.4, -0.2) is 31.0 Å². The molecule has 1 unspecified atom stereocenters. The third-order valence-corrected chi connectivity index (χ3v) is 6.40. The highest BCUT2D eigenvalue weighted by Gasteiger charge is 2.37. The van der Waals surface area contributed by atoms with Crippen LogP contribution in [0.15, 0.2) is 24.7 Å². The number of pyridine rings is 1. The van der Waals surface area contributed by atoms with Crippen LogP contribution in [0.3, 0.4) is 0 Å². The molecule has 4 rings (SSSR count). The lowest BCUT2D eigenvalue weighted by Gasteiger charge is -2.40. The van der Waals surface area contributed by atoms with Gasteiger partial charge < -0.3 is 10.1 Å². The van der Waals surface area contributed by atoms with Crippen molar-refractivity contribution in [2.45, 2.75) is 51.9 Å². The summed E-state index contributed by atoms with van der Waals surface area (Å²) in [5.41, 5.74) is 1.04. The number of nitrogens with zero attached hydrogens (tertiary/aromatic N) is 3. The molecule has 3 aromatic rings. The fourth-order valence-electron chi connectivity index (χ4n) is 4.62. The maximum atomic E-state index is 14.6. The van der Waals surface area contributed by atoms with Crippen LogP contribution in [0.2, 0.25) is 0 Å². The maximum absolute atomic E-state index is 14.6. The van der Waals surface area contributed by atoms with Crippen LogP contribution in [-0.2, 0) is 11.2 Å². The van der Waals surface area contributed by atoms with E-state index in [1.165, 1.54) is 6.07 Å². The highest BCUT2D eigenvalue weighted by atomic mass is 19.1. The lowest BCUT2D eigenvalue weighted by molar-refractivity contribution is -0.139. The number of hydrogen-bond acceptors (Lipinski definition) is 4. The molecule has 0 saturated heterocycles. The molecule has 1 aliphatic carbocycles. The van der Waals surface area contributed by atoms with Crippen LogP contribution >= 0.6 is 0 Å². The Hall–Kier alpha value is -2.90. The van der Waals surface area contributed by atoms with Crippen molar-refractivity contribution in [3.63, 3.8) is 0 Å². The number of nitrogens with one attached hydrogen (secondary N) is 1. The molecule has 0 amide bonds. The van der Waals surface area contributed by atoms with E-state index in [1.807, 2.05) is 0 Å².